The molecule has 3 atom stereocenters. The molecule has 188 valence electrons. The highest BCUT2D eigenvalue weighted by atomic mass is 19.3. The Morgan fingerprint density at radius 3 is 2.51 bits per heavy atom. The number of anilines is 1. The van der Waals surface area contributed by atoms with Crippen LogP contribution in [-0.2, 0) is 0 Å². The molecular weight excluding hydrogens is 450 g/mol. The quantitative estimate of drug-likeness (QED) is 0.409. The number of rotatable bonds is 8. The summed E-state index contributed by atoms with van der Waals surface area (Å²) in [6, 6.07) is 9.42. The molecule has 0 bridgehead atoms. The van der Waals surface area contributed by atoms with Crippen LogP contribution in [-0.4, -0.2) is 47.7 Å². The van der Waals surface area contributed by atoms with E-state index in [0.29, 0.717) is 47.4 Å². The molecule has 1 fully saturated rings. The first kappa shape index (κ1) is 25.1. The molecule has 0 spiro atoms. The molecule has 0 radical (unpaired) electrons. The lowest BCUT2D eigenvalue weighted by Crippen LogP contribution is -2.34. The smallest absolute Gasteiger partial charge is 0.264 e. The molecule has 2 heterocycles. The number of methoxy groups -OCH3 is 1. The third kappa shape index (κ3) is 5.17. The number of hydrogen-bond donors (Lipinski definition) is 1. The molecule has 1 aliphatic heterocycles. The summed E-state index contributed by atoms with van der Waals surface area (Å²) in [4.78, 5) is 11.6. The number of benzene rings is 2. The Bertz CT molecular complexity index is 1200. The van der Waals surface area contributed by atoms with Gasteiger partial charge in [0.1, 0.15) is 18.2 Å². The van der Waals surface area contributed by atoms with Crippen LogP contribution in [0, 0.1) is 13.8 Å². The lowest BCUT2D eigenvalue weighted by Gasteiger charge is -2.24. The number of alkyl halides is 2. The first-order valence-corrected chi connectivity index (χ1v) is 12.0. The standard InChI is InChI=1S/C27H34F2N4O2/c1-15-10-11-19(33(15)5)14-35-25-12-22-23(13-24(25)34-6)31-18(4)32-27(22)30-17(3)20-8-7-9-21(16(20)2)26(28)29/h7-9,12-13,15,17,19,26H,10-11,14H2,1-6H3,(H,30,31,32)/t15-,17-,19+/m1/s1. The molecule has 0 unspecified atom stereocenters. The van der Waals surface area contributed by atoms with Gasteiger partial charge in [-0.3, -0.25) is 4.90 Å². The Morgan fingerprint density at radius 1 is 1.11 bits per heavy atom. The normalized spacial score (nSPS) is 19.3. The van der Waals surface area contributed by atoms with E-state index in [1.165, 1.54) is 6.07 Å². The number of aromatic nitrogens is 2. The molecule has 2 aromatic carbocycles. The van der Waals surface area contributed by atoms with Crippen LogP contribution in [0.2, 0.25) is 0 Å². The predicted molar refractivity (Wildman–Crippen MR) is 135 cm³/mol. The highest BCUT2D eigenvalue weighted by Crippen LogP contribution is 2.37. The van der Waals surface area contributed by atoms with Gasteiger partial charge in [0.15, 0.2) is 11.5 Å². The van der Waals surface area contributed by atoms with Crippen molar-refractivity contribution in [1.82, 2.24) is 14.9 Å². The van der Waals surface area contributed by atoms with Crippen LogP contribution in [0.4, 0.5) is 14.6 Å². The zero-order chi connectivity index (χ0) is 25.3. The maximum atomic E-state index is 13.4. The zero-order valence-corrected chi connectivity index (χ0v) is 21.2. The molecule has 8 heteroatoms. The number of nitrogens with zero attached hydrogens (tertiary/aromatic N) is 3. The fraction of sp³-hybridized carbons (Fsp3) is 0.481. The van der Waals surface area contributed by atoms with Crippen molar-refractivity contribution in [3.8, 4) is 11.5 Å². The molecular formula is C27H34F2N4O2. The third-order valence-electron chi connectivity index (χ3n) is 7.19. The Kier molecular flexibility index (Phi) is 7.40. The number of halogens is 2. The average molecular weight is 485 g/mol. The van der Waals surface area contributed by atoms with Gasteiger partial charge >= 0.3 is 0 Å². The van der Waals surface area contributed by atoms with Crippen LogP contribution in [0.5, 0.6) is 11.5 Å². The fourth-order valence-corrected chi connectivity index (χ4v) is 4.88. The maximum Gasteiger partial charge on any atom is 0.264 e. The minimum atomic E-state index is -2.52. The van der Waals surface area contributed by atoms with E-state index < -0.39 is 6.43 Å². The second-order valence-electron chi connectivity index (χ2n) is 9.42. The van der Waals surface area contributed by atoms with E-state index in [1.54, 1.807) is 20.1 Å². The second-order valence-corrected chi connectivity index (χ2v) is 9.42. The Balaban J connectivity index is 1.66. The third-order valence-corrected chi connectivity index (χ3v) is 7.19. The molecule has 3 aromatic rings. The average Bonchev–Trinajstić information content (AvgIpc) is 3.14. The second kappa shape index (κ2) is 10.3. The van der Waals surface area contributed by atoms with E-state index in [4.69, 9.17) is 9.47 Å². The number of likely N-dealkylation sites (tertiary alicyclic amines) is 1. The molecule has 4 rings (SSSR count). The van der Waals surface area contributed by atoms with Gasteiger partial charge in [-0.15, -0.1) is 0 Å². The Labute approximate surface area is 205 Å². The SMILES string of the molecule is COc1cc2nc(C)nc(N[C@H](C)c3cccc(C(F)F)c3C)c2cc1OC[C@@H]1CC[C@@H](C)N1C. The molecule has 1 N–H and O–H groups in total. The highest BCUT2D eigenvalue weighted by Gasteiger charge is 2.28. The molecule has 0 amide bonds. The number of fused-ring (bicyclic) bond motifs is 1. The zero-order valence-electron chi connectivity index (χ0n) is 21.2. The number of aryl methyl sites for hydroxylation is 1. The summed E-state index contributed by atoms with van der Waals surface area (Å²) in [5.41, 5.74) is 2.15. The van der Waals surface area contributed by atoms with Gasteiger partial charge < -0.3 is 14.8 Å². The summed E-state index contributed by atoms with van der Waals surface area (Å²) in [5.74, 6) is 2.47. The van der Waals surface area contributed by atoms with Crippen molar-refractivity contribution in [2.24, 2.45) is 0 Å². The van der Waals surface area contributed by atoms with Crippen LogP contribution in [0.3, 0.4) is 0 Å². The van der Waals surface area contributed by atoms with Gasteiger partial charge in [-0.05, 0) is 64.8 Å². The van der Waals surface area contributed by atoms with E-state index >= 15 is 0 Å². The summed E-state index contributed by atoms with van der Waals surface area (Å²) < 4.78 is 38.7. The van der Waals surface area contributed by atoms with Crippen LogP contribution >= 0.6 is 0 Å². The van der Waals surface area contributed by atoms with Crippen molar-refractivity contribution >= 4 is 16.7 Å². The van der Waals surface area contributed by atoms with Crippen LogP contribution in [0.15, 0.2) is 30.3 Å². The molecule has 1 saturated heterocycles. The van der Waals surface area contributed by atoms with Gasteiger partial charge in [0.25, 0.3) is 6.43 Å². The van der Waals surface area contributed by atoms with Crippen molar-refractivity contribution in [3.05, 3.63) is 52.8 Å². The largest absolute Gasteiger partial charge is 0.493 e. The molecule has 35 heavy (non-hydrogen) atoms. The van der Waals surface area contributed by atoms with E-state index in [1.807, 2.05) is 32.0 Å². The summed E-state index contributed by atoms with van der Waals surface area (Å²) in [5, 5.41) is 4.21. The van der Waals surface area contributed by atoms with Crippen LogP contribution < -0.4 is 14.8 Å². The van der Waals surface area contributed by atoms with Gasteiger partial charge in [0, 0.05) is 29.1 Å². The van der Waals surface area contributed by atoms with Crippen LogP contribution in [0.25, 0.3) is 10.9 Å². The van der Waals surface area contributed by atoms with E-state index in [-0.39, 0.29) is 11.6 Å². The predicted octanol–water partition coefficient (Wildman–Crippen LogP) is 6.23. The lowest BCUT2D eigenvalue weighted by atomic mass is 9.97. The topological polar surface area (TPSA) is 59.5 Å². The van der Waals surface area contributed by atoms with E-state index in [2.05, 4.69) is 34.2 Å². The monoisotopic (exact) mass is 484 g/mol. The Morgan fingerprint density at radius 2 is 1.86 bits per heavy atom. The van der Waals surface area contributed by atoms with Crippen molar-refractivity contribution < 1.29 is 18.3 Å². The van der Waals surface area contributed by atoms with Gasteiger partial charge in [0.2, 0.25) is 0 Å². The number of ether oxygens (including phenoxy) is 2. The molecule has 0 saturated carbocycles. The van der Waals surface area contributed by atoms with Gasteiger partial charge in [-0.2, -0.15) is 0 Å². The molecule has 0 aliphatic carbocycles. The van der Waals surface area contributed by atoms with Crippen LogP contribution in [0.1, 0.15) is 61.7 Å². The maximum absolute atomic E-state index is 13.4. The lowest BCUT2D eigenvalue weighted by molar-refractivity contribution is 0.150. The number of hydrogen-bond acceptors (Lipinski definition) is 6. The first-order valence-electron chi connectivity index (χ1n) is 12.0. The van der Waals surface area contributed by atoms with Crippen molar-refractivity contribution in [2.45, 2.75) is 65.1 Å². The number of nitrogens with one attached hydrogen (secondary N) is 1. The van der Waals surface area contributed by atoms with Gasteiger partial charge in [0.05, 0.1) is 18.7 Å². The van der Waals surface area contributed by atoms with E-state index in [0.717, 1.165) is 29.3 Å². The van der Waals surface area contributed by atoms with Crippen molar-refractivity contribution in [2.75, 3.05) is 26.1 Å². The highest BCUT2D eigenvalue weighted by molar-refractivity contribution is 5.92. The van der Waals surface area contributed by atoms with Crippen molar-refractivity contribution in [3.63, 3.8) is 0 Å². The molecule has 1 aliphatic rings. The number of likely N-dealkylation sites (N-methyl/N-ethyl adjacent to an activating group) is 1. The van der Waals surface area contributed by atoms with Gasteiger partial charge in [-0.1, -0.05) is 18.2 Å². The summed E-state index contributed by atoms with van der Waals surface area (Å²) >= 11 is 0. The summed E-state index contributed by atoms with van der Waals surface area (Å²) in [6.07, 6.45) is -0.264. The summed E-state index contributed by atoms with van der Waals surface area (Å²) in [7, 11) is 3.75. The van der Waals surface area contributed by atoms with Crippen molar-refractivity contribution in [1.29, 1.82) is 0 Å². The minimum Gasteiger partial charge on any atom is -0.493 e. The molecule has 6 nitrogen and oxygen atoms in total. The van der Waals surface area contributed by atoms with Gasteiger partial charge in [-0.25, -0.2) is 18.7 Å². The van der Waals surface area contributed by atoms with E-state index in [9.17, 15) is 8.78 Å². The molecule has 1 aromatic heterocycles. The Hall–Kier alpha value is -3.00. The minimum absolute atomic E-state index is 0.0477. The summed E-state index contributed by atoms with van der Waals surface area (Å²) in [6.45, 7) is 8.29. The first-order chi connectivity index (χ1) is 16.7. The fourth-order valence-electron chi connectivity index (χ4n) is 4.88.